The van der Waals surface area contributed by atoms with Crippen molar-refractivity contribution in [3.8, 4) is 0 Å². The summed E-state index contributed by atoms with van der Waals surface area (Å²) in [6.45, 7) is 10.5. The van der Waals surface area contributed by atoms with Gasteiger partial charge in [0.25, 0.3) is 0 Å². The molecule has 0 radical (unpaired) electrons. The SMILES string of the molecule is Cc1ccc(C(C)N(CC2CC2)CC2CCCN2)cc1C. The van der Waals surface area contributed by atoms with Crippen LogP contribution in [0.15, 0.2) is 18.2 Å². The second-order valence-corrected chi connectivity index (χ2v) is 7.21. The molecule has 1 aromatic carbocycles. The fraction of sp³-hybridized carbons (Fsp3) is 0.684. The third-order valence-electron chi connectivity index (χ3n) is 5.37. The standard InChI is InChI=1S/C19H30N2/c1-14-6-9-18(11-15(14)2)16(3)21(12-17-7-8-17)13-19-5-4-10-20-19/h6,9,11,16-17,19-20H,4-5,7-8,10,12-13H2,1-3H3. The summed E-state index contributed by atoms with van der Waals surface area (Å²) in [6, 6.07) is 8.24. The van der Waals surface area contributed by atoms with Gasteiger partial charge in [-0.3, -0.25) is 4.90 Å². The predicted molar refractivity (Wildman–Crippen MR) is 89.7 cm³/mol. The normalized spacial score (nSPS) is 23.7. The van der Waals surface area contributed by atoms with Crippen molar-refractivity contribution in [1.29, 1.82) is 0 Å². The molecule has 3 rings (SSSR count). The summed E-state index contributed by atoms with van der Waals surface area (Å²) in [5.41, 5.74) is 4.30. The summed E-state index contributed by atoms with van der Waals surface area (Å²) >= 11 is 0. The van der Waals surface area contributed by atoms with Crippen molar-refractivity contribution >= 4 is 0 Å². The molecule has 2 nitrogen and oxygen atoms in total. The Kier molecular flexibility index (Phi) is 4.66. The number of nitrogens with one attached hydrogen (secondary N) is 1. The van der Waals surface area contributed by atoms with E-state index in [1.165, 1.54) is 62.0 Å². The molecule has 21 heavy (non-hydrogen) atoms. The second-order valence-electron chi connectivity index (χ2n) is 7.21. The van der Waals surface area contributed by atoms with Crippen LogP contribution in [0.3, 0.4) is 0 Å². The minimum Gasteiger partial charge on any atom is -0.313 e. The van der Waals surface area contributed by atoms with Gasteiger partial charge in [0.2, 0.25) is 0 Å². The van der Waals surface area contributed by atoms with Crippen LogP contribution in [-0.4, -0.2) is 30.6 Å². The molecule has 0 aromatic heterocycles. The lowest BCUT2D eigenvalue weighted by Gasteiger charge is -2.32. The van der Waals surface area contributed by atoms with Crippen LogP contribution in [0.4, 0.5) is 0 Å². The van der Waals surface area contributed by atoms with Gasteiger partial charge in [0.05, 0.1) is 0 Å². The van der Waals surface area contributed by atoms with Gasteiger partial charge in [-0.2, -0.15) is 0 Å². The van der Waals surface area contributed by atoms with Crippen LogP contribution in [0.1, 0.15) is 55.3 Å². The van der Waals surface area contributed by atoms with E-state index in [4.69, 9.17) is 0 Å². The molecular formula is C19H30N2. The van der Waals surface area contributed by atoms with Crippen molar-refractivity contribution in [2.24, 2.45) is 5.92 Å². The molecule has 0 spiro atoms. The van der Waals surface area contributed by atoms with Crippen LogP contribution < -0.4 is 5.32 Å². The van der Waals surface area contributed by atoms with Crippen LogP contribution in [-0.2, 0) is 0 Å². The quantitative estimate of drug-likeness (QED) is 0.855. The first-order valence-corrected chi connectivity index (χ1v) is 8.68. The van der Waals surface area contributed by atoms with Crippen LogP contribution in [0.2, 0.25) is 0 Å². The average molecular weight is 286 g/mol. The van der Waals surface area contributed by atoms with E-state index in [0.29, 0.717) is 12.1 Å². The number of nitrogens with zero attached hydrogens (tertiary/aromatic N) is 1. The second kappa shape index (κ2) is 6.50. The van der Waals surface area contributed by atoms with Crippen molar-refractivity contribution in [3.63, 3.8) is 0 Å². The number of benzene rings is 1. The Hall–Kier alpha value is -0.860. The number of hydrogen-bond acceptors (Lipinski definition) is 2. The number of aryl methyl sites for hydroxylation is 2. The maximum Gasteiger partial charge on any atom is 0.0320 e. The molecule has 0 amide bonds. The fourth-order valence-corrected chi connectivity index (χ4v) is 3.45. The largest absolute Gasteiger partial charge is 0.313 e. The topological polar surface area (TPSA) is 15.3 Å². The molecule has 1 N–H and O–H groups in total. The molecule has 2 heteroatoms. The lowest BCUT2D eigenvalue weighted by atomic mass is 10.00. The van der Waals surface area contributed by atoms with E-state index in [9.17, 15) is 0 Å². The molecule has 116 valence electrons. The first kappa shape index (κ1) is 15.1. The summed E-state index contributed by atoms with van der Waals surface area (Å²) in [5.74, 6) is 0.959. The summed E-state index contributed by atoms with van der Waals surface area (Å²) in [7, 11) is 0. The van der Waals surface area contributed by atoms with E-state index < -0.39 is 0 Å². The first-order chi connectivity index (χ1) is 10.1. The van der Waals surface area contributed by atoms with Gasteiger partial charge in [0.15, 0.2) is 0 Å². The highest BCUT2D eigenvalue weighted by atomic mass is 15.2. The molecule has 1 heterocycles. The summed E-state index contributed by atoms with van der Waals surface area (Å²) in [6.07, 6.45) is 5.57. The zero-order valence-electron chi connectivity index (χ0n) is 13.9. The zero-order valence-corrected chi connectivity index (χ0v) is 13.9. The van der Waals surface area contributed by atoms with E-state index in [1.807, 2.05) is 0 Å². The molecule has 1 saturated carbocycles. The van der Waals surface area contributed by atoms with Gasteiger partial charge in [-0.1, -0.05) is 18.2 Å². The molecule has 2 atom stereocenters. The highest BCUT2D eigenvalue weighted by Crippen LogP contribution is 2.33. The number of rotatable bonds is 6. The number of hydrogen-bond donors (Lipinski definition) is 1. The molecule has 2 unspecified atom stereocenters. The fourth-order valence-electron chi connectivity index (χ4n) is 3.45. The minimum atomic E-state index is 0.535. The Morgan fingerprint density at radius 2 is 1.95 bits per heavy atom. The zero-order chi connectivity index (χ0) is 14.8. The third kappa shape index (κ3) is 3.87. The smallest absolute Gasteiger partial charge is 0.0320 e. The van der Waals surface area contributed by atoms with Gasteiger partial charge in [-0.05, 0) is 75.6 Å². The predicted octanol–water partition coefficient (Wildman–Crippen LogP) is 3.83. The lowest BCUT2D eigenvalue weighted by Crippen LogP contribution is -2.40. The average Bonchev–Trinajstić information content (AvgIpc) is 3.14. The van der Waals surface area contributed by atoms with Crippen molar-refractivity contribution in [2.45, 2.75) is 58.5 Å². The van der Waals surface area contributed by atoms with E-state index >= 15 is 0 Å². The van der Waals surface area contributed by atoms with Gasteiger partial charge in [0.1, 0.15) is 0 Å². The summed E-state index contributed by atoms with van der Waals surface area (Å²) in [4.78, 5) is 2.73. The Morgan fingerprint density at radius 3 is 2.57 bits per heavy atom. The van der Waals surface area contributed by atoms with Gasteiger partial charge in [0, 0.05) is 25.2 Å². The Labute approximate surface area is 129 Å². The molecule has 1 aliphatic carbocycles. The summed E-state index contributed by atoms with van der Waals surface area (Å²) < 4.78 is 0. The Morgan fingerprint density at radius 1 is 1.14 bits per heavy atom. The van der Waals surface area contributed by atoms with E-state index in [1.54, 1.807) is 0 Å². The molecule has 1 aromatic rings. The lowest BCUT2D eigenvalue weighted by molar-refractivity contribution is 0.184. The van der Waals surface area contributed by atoms with E-state index in [-0.39, 0.29) is 0 Å². The molecular weight excluding hydrogens is 256 g/mol. The van der Waals surface area contributed by atoms with Crippen LogP contribution in [0.25, 0.3) is 0 Å². The maximum atomic E-state index is 3.67. The highest BCUT2D eigenvalue weighted by molar-refractivity contribution is 5.31. The van der Waals surface area contributed by atoms with Crippen molar-refractivity contribution in [2.75, 3.05) is 19.6 Å². The van der Waals surface area contributed by atoms with E-state index in [2.05, 4.69) is 49.2 Å². The molecule has 2 fully saturated rings. The first-order valence-electron chi connectivity index (χ1n) is 8.68. The van der Waals surface area contributed by atoms with Gasteiger partial charge < -0.3 is 5.32 Å². The Balaban J connectivity index is 1.71. The van der Waals surface area contributed by atoms with Gasteiger partial charge >= 0.3 is 0 Å². The highest BCUT2D eigenvalue weighted by Gasteiger charge is 2.29. The molecule has 0 bridgehead atoms. The van der Waals surface area contributed by atoms with Gasteiger partial charge in [-0.25, -0.2) is 0 Å². The van der Waals surface area contributed by atoms with Crippen molar-refractivity contribution < 1.29 is 0 Å². The Bertz CT molecular complexity index is 472. The summed E-state index contributed by atoms with van der Waals surface area (Å²) in [5, 5.41) is 3.67. The van der Waals surface area contributed by atoms with Crippen LogP contribution >= 0.6 is 0 Å². The van der Waals surface area contributed by atoms with Crippen molar-refractivity contribution in [1.82, 2.24) is 10.2 Å². The van der Waals surface area contributed by atoms with Gasteiger partial charge in [-0.15, -0.1) is 0 Å². The van der Waals surface area contributed by atoms with Crippen molar-refractivity contribution in [3.05, 3.63) is 34.9 Å². The third-order valence-corrected chi connectivity index (χ3v) is 5.37. The maximum absolute atomic E-state index is 3.67. The molecule has 1 saturated heterocycles. The van der Waals surface area contributed by atoms with Crippen LogP contribution in [0, 0.1) is 19.8 Å². The van der Waals surface area contributed by atoms with Crippen LogP contribution in [0.5, 0.6) is 0 Å². The van der Waals surface area contributed by atoms with E-state index in [0.717, 1.165) is 5.92 Å². The molecule has 1 aliphatic heterocycles. The monoisotopic (exact) mass is 286 g/mol. The minimum absolute atomic E-state index is 0.535. The molecule has 2 aliphatic rings.